The third-order valence-corrected chi connectivity index (χ3v) is 10.2. The smallest absolute Gasteiger partial charge is 0.328 e. The first-order valence-electron chi connectivity index (χ1n) is 16.3. The molecule has 0 saturated heterocycles. The molecule has 2 aliphatic rings. The average molecular weight is 718 g/mol. The lowest BCUT2D eigenvalue weighted by Gasteiger charge is -2.30. The number of hydrogen-bond donors (Lipinski definition) is 1. The minimum absolute atomic E-state index is 0.0133. The van der Waals surface area contributed by atoms with Gasteiger partial charge in [0.2, 0.25) is 0 Å². The first-order valence-corrected chi connectivity index (χ1v) is 17.5. The zero-order valence-corrected chi connectivity index (χ0v) is 29.0. The lowest BCUT2D eigenvalue weighted by atomic mass is 9.93. The van der Waals surface area contributed by atoms with Gasteiger partial charge in [-0.3, -0.25) is 14.4 Å². The van der Waals surface area contributed by atoms with Crippen LogP contribution in [-0.2, 0) is 40.3 Å². The van der Waals surface area contributed by atoms with E-state index < -0.39 is 17.9 Å². The van der Waals surface area contributed by atoms with Crippen molar-refractivity contribution in [3.05, 3.63) is 139 Å². The number of carbonyl (C=O) groups excluding carboxylic acids is 4. The van der Waals surface area contributed by atoms with Crippen molar-refractivity contribution in [2.75, 3.05) is 6.54 Å². The number of rotatable bonds is 11. The summed E-state index contributed by atoms with van der Waals surface area (Å²) in [5, 5.41) is 3.57. The van der Waals surface area contributed by atoms with Crippen LogP contribution in [-0.4, -0.2) is 41.1 Å². The van der Waals surface area contributed by atoms with Crippen molar-refractivity contribution in [2.24, 2.45) is 0 Å². The summed E-state index contributed by atoms with van der Waals surface area (Å²) in [5.41, 5.74) is 5.27. The van der Waals surface area contributed by atoms with Gasteiger partial charge >= 0.3 is 5.97 Å². The van der Waals surface area contributed by atoms with Crippen molar-refractivity contribution in [1.29, 1.82) is 0 Å². The lowest BCUT2D eigenvalue weighted by molar-refractivity contribution is -0.147. The Balaban J connectivity index is 1.15. The number of ether oxygens (including phenoxy) is 1. The molecule has 0 aromatic heterocycles. The molecule has 0 unspecified atom stereocenters. The number of benzene rings is 4. The largest absolute Gasteiger partial charge is 0.459 e. The van der Waals surface area contributed by atoms with Gasteiger partial charge in [0.1, 0.15) is 18.4 Å². The molecule has 0 fully saturated rings. The zero-order chi connectivity index (χ0) is 34.5. The fourth-order valence-electron chi connectivity index (χ4n) is 6.66. The van der Waals surface area contributed by atoms with Gasteiger partial charge in [0.05, 0.1) is 15.6 Å². The van der Waals surface area contributed by atoms with Crippen LogP contribution in [0.1, 0.15) is 80.1 Å². The number of esters is 1. The summed E-state index contributed by atoms with van der Waals surface area (Å²) >= 11 is 19.5. The number of aryl methyl sites for hydroxylation is 1. The Morgan fingerprint density at radius 2 is 1.61 bits per heavy atom. The van der Waals surface area contributed by atoms with Crippen LogP contribution in [0.15, 0.2) is 84.9 Å². The second-order valence-corrected chi connectivity index (χ2v) is 13.7. The van der Waals surface area contributed by atoms with Crippen molar-refractivity contribution < 1.29 is 23.9 Å². The van der Waals surface area contributed by atoms with Crippen LogP contribution in [0.4, 0.5) is 0 Å². The summed E-state index contributed by atoms with van der Waals surface area (Å²) < 4.78 is 5.59. The molecular weight excluding hydrogens is 683 g/mol. The molecular formula is C39H35Cl3N2O5. The monoisotopic (exact) mass is 716 g/mol. The molecule has 10 heteroatoms. The van der Waals surface area contributed by atoms with Crippen LogP contribution < -0.4 is 5.32 Å². The summed E-state index contributed by atoms with van der Waals surface area (Å²) in [6, 6.07) is 24.6. The second-order valence-electron chi connectivity index (χ2n) is 12.5. The summed E-state index contributed by atoms with van der Waals surface area (Å²) in [7, 11) is 0. The van der Waals surface area contributed by atoms with Crippen molar-refractivity contribution in [3.63, 3.8) is 0 Å². The van der Waals surface area contributed by atoms with Gasteiger partial charge < -0.3 is 15.0 Å². The SMILES string of the molecule is O=C(CC[C@H](NC(=O)c1c(Cl)cc2c(c1Cl)CCN(C(=O)c1ccc(Cl)cc1)C2)C(=O)OCc1ccccc1)C[C@@H]1CCc2ccccc21. The highest BCUT2D eigenvalue weighted by atomic mass is 35.5. The topological polar surface area (TPSA) is 92.8 Å². The Morgan fingerprint density at radius 3 is 2.39 bits per heavy atom. The van der Waals surface area contributed by atoms with Gasteiger partial charge in [-0.05, 0) is 89.8 Å². The molecule has 4 aromatic rings. The maximum atomic E-state index is 13.8. The quantitative estimate of drug-likeness (QED) is 0.158. The molecule has 0 saturated carbocycles. The van der Waals surface area contributed by atoms with E-state index in [2.05, 4.69) is 17.4 Å². The van der Waals surface area contributed by atoms with E-state index in [9.17, 15) is 19.2 Å². The van der Waals surface area contributed by atoms with E-state index >= 15 is 0 Å². The van der Waals surface area contributed by atoms with Crippen LogP contribution >= 0.6 is 34.8 Å². The molecule has 6 rings (SSSR count). The Kier molecular flexibility index (Phi) is 11.0. The van der Waals surface area contributed by atoms with Crippen molar-refractivity contribution in [1.82, 2.24) is 10.2 Å². The summed E-state index contributed by atoms with van der Waals surface area (Å²) in [6.45, 7) is 0.670. The number of nitrogens with one attached hydrogen (secondary N) is 1. The molecule has 1 N–H and O–H groups in total. The number of Topliss-reactive ketones (excluding diaryl/α,β-unsaturated/α-hetero) is 1. The average Bonchev–Trinajstić information content (AvgIpc) is 3.51. The third kappa shape index (κ3) is 8.18. The molecule has 2 atom stereocenters. The number of halogens is 3. The first-order chi connectivity index (χ1) is 23.7. The normalized spacial score (nSPS) is 15.6. The van der Waals surface area contributed by atoms with E-state index in [1.165, 1.54) is 11.1 Å². The zero-order valence-electron chi connectivity index (χ0n) is 26.7. The molecule has 1 aliphatic heterocycles. The molecule has 2 amide bonds. The molecule has 252 valence electrons. The molecule has 4 aromatic carbocycles. The maximum Gasteiger partial charge on any atom is 0.328 e. The molecule has 0 bridgehead atoms. The summed E-state index contributed by atoms with van der Waals surface area (Å²) in [4.78, 5) is 55.2. The predicted octanol–water partition coefficient (Wildman–Crippen LogP) is 8.16. The Labute approximate surface area is 300 Å². The third-order valence-electron chi connectivity index (χ3n) is 9.27. The maximum absolute atomic E-state index is 13.8. The number of carbonyl (C=O) groups is 4. The van der Waals surface area contributed by atoms with Gasteiger partial charge in [-0.25, -0.2) is 4.79 Å². The van der Waals surface area contributed by atoms with E-state index in [4.69, 9.17) is 39.5 Å². The number of amides is 2. The first kappa shape index (κ1) is 34.7. The van der Waals surface area contributed by atoms with Gasteiger partial charge in [0.15, 0.2) is 0 Å². The van der Waals surface area contributed by atoms with Gasteiger partial charge in [-0.15, -0.1) is 0 Å². The molecule has 7 nitrogen and oxygen atoms in total. The van der Waals surface area contributed by atoms with Crippen LogP contribution in [0.5, 0.6) is 0 Å². The highest BCUT2D eigenvalue weighted by molar-refractivity contribution is 6.40. The van der Waals surface area contributed by atoms with E-state index in [1.807, 2.05) is 42.5 Å². The molecule has 0 spiro atoms. The number of fused-ring (bicyclic) bond motifs is 2. The Morgan fingerprint density at radius 1 is 0.878 bits per heavy atom. The summed E-state index contributed by atoms with van der Waals surface area (Å²) in [5.74, 6) is -1.29. The molecule has 1 heterocycles. The number of hydrogen-bond acceptors (Lipinski definition) is 5. The van der Waals surface area contributed by atoms with Crippen LogP contribution in [0.2, 0.25) is 15.1 Å². The van der Waals surface area contributed by atoms with Crippen molar-refractivity contribution >= 4 is 58.4 Å². The fraction of sp³-hybridized carbons (Fsp3) is 0.282. The van der Waals surface area contributed by atoms with Crippen LogP contribution in [0.3, 0.4) is 0 Å². The van der Waals surface area contributed by atoms with Crippen molar-refractivity contribution in [2.45, 2.75) is 63.6 Å². The van der Waals surface area contributed by atoms with Crippen LogP contribution in [0.25, 0.3) is 0 Å². The van der Waals surface area contributed by atoms with Gasteiger partial charge in [-0.1, -0.05) is 89.4 Å². The number of nitrogens with zero attached hydrogens (tertiary/aromatic N) is 1. The Bertz CT molecular complexity index is 1880. The lowest BCUT2D eigenvalue weighted by Crippen LogP contribution is -2.42. The fourth-order valence-corrected chi connectivity index (χ4v) is 7.55. The predicted molar refractivity (Wildman–Crippen MR) is 190 cm³/mol. The standard InChI is InChI=1S/C39H35Cl3N2O5/c40-29-14-12-26(13-15-29)38(47)44-19-18-32-28(22-44)21-33(41)35(36(32)42)37(46)43-34(39(48)49-23-24-6-2-1-3-7-24)17-16-30(45)20-27-11-10-25-8-4-5-9-31(25)27/h1-9,12-15,21,27,34H,10-11,16-20,22-23H2,(H,43,46)/t27-,34-/m0/s1. The second kappa shape index (κ2) is 15.6. The highest BCUT2D eigenvalue weighted by Gasteiger charge is 2.31. The van der Waals surface area contributed by atoms with E-state index in [-0.39, 0.29) is 59.2 Å². The summed E-state index contributed by atoms with van der Waals surface area (Å²) in [6.07, 6.45) is 2.79. The van der Waals surface area contributed by atoms with Gasteiger partial charge in [0, 0.05) is 36.5 Å². The van der Waals surface area contributed by atoms with E-state index in [1.54, 1.807) is 35.2 Å². The molecule has 49 heavy (non-hydrogen) atoms. The van der Waals surface area contributed by atoms with Gasteiger partial charge in [-0.2, -0.15) is 0 Å². The Hall–Kier alpha value is -4.17. The van der Waals surface area contributed by atoms with E-state index in [0.29, 0.717) is 35.5 Å². The van der Waals surface area contributed by atoms with Crippen molar-refractivity contribution in [3.8, 4) is 0 Å². The molecule has 0 radical (unpaired) electrons. The van der Waals surface area contributed by atoms with E-state index in [0.717, 1.165) is 24.0 Å². The highest BCUT2D eigenvalue weighted by Crippen LogP contribution is 2.37. The number of ketones is 1. The minimum atomic E-state index is -1.10. The van der Waals surface area contributed by atoms with Gasteiger partial charge in [0.25, 0.3) is 11.8 Å². The van der Waals surface area contributed by atoms with Crippen LogP contribution in [0, 0.1) is 0 Å². The minimum Gasteiger partial charge on any atom is -0.459 e. The molecule has 1 aliphatic carbocycles.